The first-order valence-corrected chi connectivity index (χ1v) is 14.2. The van der Waals surface area contributed by atoms with Gasteiger partial charge in [-0.05, 0) is 36.9 Å². The number of nitrogens with two attached hydrogens (primary N) is 1. The maximum Gasteiger partial charge on any atom is 0.379 e. The Bertz CT molecular complexity index is 1520. The molecule has 13 nitrogen and oxygen atoms in total. The summed E-state index contributed by atoms with van der Waals surface area (Å²) in [7, 11) is 3.01. The van der Waals surface area contributed by atoms with E-state index in [1.807, 2.05) is 11.8 Å². The highest BCUT2D eigenvalue weighted by molar-refractivity contribution is 7.99. The first kappa shape index (κ1) is 27.5. The van der Waals surface area contributed by atoms with Crippen molar-refractivity contribution in [2.45, 2.75) is 6.42 Å². The number of carbonyl (C=O) groups excluding carboxylic acids is 1. The van der Waals surface area contributed by atoms with Crippen LogP contribution in [0, 0.1) is 0 Å². The summed E-state index contributed by atoms with van der Waals surface area (Å²) in [4.78, 5) is 28.7. The van der Waals surface area contributed by atoms with Crippen LogP contribution < -0.4 is 30.9 Å². The fourth-order valence-electron chi connectivity index (χ4n) is 4.12. The number of nitrogen functional groups attached to an aromatic ring is 1. The number of hydrogen-bond acceptors (Lipinski definition) is 13. The molecule has 1 aliphatic heterocycles. The number of thioether (sulfide) groups is 1. The van der Waals surface area contributed by atoms with Gasteiger partial charge in [-0.2, -0.15) is 9.78 Å². The van der Waals surface area contributed by atoms with E-state index in [9.17, 15) is 9.59 Å². The van der Waals surface area contributed by atoms with Crippen molar-refractivity contribution < 1.29 is 23.4 Å². The summed E-state index contributed by atoms with van der Waals surface area (Å²) >= 11 is 2.91. The lowest BCUT2D eigenvalue weighted by atomic mass is 10.0. The molecule has 40 heavy (non-hydrogen) atoms. The summed E-state index contributed by atoms with van der Waals surface area (Å²) in [5.74, 6) is 2.26. The van der Waals surface area contributed by atoms with Crippen LogP contribution in [0.2, 0.25) is 0 Å². The Balaban J connectivity index is 1.47. The number of benzene rings is 1. The third-order valence-corrected chi connectivity index (χ3v) is 7.95. The monoisotopic (exact) mass is 585 g/mol. The van der Waals surface area contributed by atoms with E-state index in [-0.39, 0.29) is 23.2 Å². The van der Waals surface area contributed by atoms with Crippen LogP contribution in [-0.2, 0) is 0 Å². The van der Waals surface area contributed by atoms with Crippen LogP contribution in [0.15, 0.2) is 45.7 Å². The Kier molecular flexibility index (Phi) is 8.52. The molecule has 5 rings (SSSR count). The third-order valence-electron chi connectivity index (χ3n) is 6.01. The Hall–Kier alpha value is -4.08. The average molecular weight is 586 g/mol. The van der Waals surface area contributed by atoms with Crippen LogP contribution in [0.25, 0.3) is 16.3 Å². The first-order valence-electron chi connectivity index (χ1n) is 12.3. The summed E-state index contributed by atoms with van der Waals surface area (Å²) in [6, 6.07) is 8.25. The zero-order valence-corrected chi connectivity index (χ0v) is 23.4. The number of methoxy groups -OCH3 is 2. The summed E-state index contributed by atoms with van der Waals surface area (Å²) in [5, 5.41) is 15.2. The molecular weight excluding hydrogens is 558 g/mol. The number of nitrogens with zero attached hydrogens (tertiary/aromatic N) is 5. The van der Waals surface area contributed by atoms with Crippen molar-refractivity contribution >= 4 is 40.0 Å². The minimum atomic E-state index is -0.814. The van der Waals surface area contributed by atoms with E-state index in [1.165, 1.54) is 31.2 Å². The largest absolute Gasteiger partial charge is 0.496 e. The van der Waals surface area contributed by atoms with Crippen LogP contribution in [-0.4, -0.2) is 76.3 Å². The molecule has 0 saturated carbocycles. The van der Waals surface area contributed by atoms with Crippen LogP contribution in [0.4, 0.5) is 10.9 Å². The number of aromatic nitrogens is 4. The molecule has 0 bridgehead atoms. The van der Waals surface area contributed by atoms with Crippen molar-refractivity contribution in [1.29, 1.82) is 0 Å². The Morgan fingerprint density at radius 2 is 2.00 bits per heavy atom. The topological polar surface area (TPSA) is 160 Å². The quantitative estimate of drug-likeness (QED) is 0.280. The van der Waals surface area contributed by atoms with Gasteiger partial charge < -0.3 is 24.4 Å². The fourth-order valence-corrected chi connectivity index (χ4v) is 5.82. The zero-order valence-electron chi connectivity index (χ0n) is 21.8. The number of carbonyl (C=O) groups is 1. The molecule has 0 spiro atoms. The molecule has 0 unspecified atom stereocenters. The normalized spacial score (nSPS) is 13.7. The van der Waals surface area contributed by atoms with Gasteiger partial charge in [0, 0.05) is 24.1 Å². The summed E-state index contributed by atoms with van der Waals surface area (Å²) in [5.41, 5.74) is 5.80. The van der Waals surface area contributed by atoms with E-state index in [4.69, 9.17) is 24.4 Å². The number of rotatable bonds is 10. The molecule has 0 radical (unpaired) electrons. The van der Waals surface area contributed by atoms with Gasteiger partial charge in [0.05, 0.1) is 26.0 Å². The molecule has 4 aromatic rings. The number of amides is 1. The van der Waals surface area contributed by atoms with Crippen LogP contribution >= 0.6 is 23.1 Å². The molecule has 3 aromatic heterocycles. The van der Waals surface area contributed by atoms with Gasteiger partial charge in [0.15, 0.2) is 5.76 Å². The molecule has 1 aliphatic rings. The molecule has 210 valence electrons. The third kappa shape index (κ3) is 5.90. The van der Waals surface area contributed by atoms with Crippen LogP contribution in [0.5, 0.6) is 17.2 Å². The van der Waals surface area contributed by atoms with E-state index in [1.54, 1.807) is 24.3 Å². The fraction of sp³-hybridized carbons (Fsp3) is 0.320. The smallest absolute Gasteiger partial charge is 0.379 e. The van der Waals surface area contributed by atoms with Crippen LogP contribution in [0.3, 0.4) is 0 Å². The summed E-state index contributed by atoms with van der Waals surface area (Å²) in [6.45, 7) is 1.86. The number of anilines is 2. The predicted molar refractivity (Wildman–Crippen MR) is 152 cm³/mol. The molecule has 1 fully saturated rings. The van der Waals surface area contributed by atoms with E-state index >= 15 is 0 Å². The Morgan fingerprint density at radius 3 is 2.67 bits per heavy atom. The van der Waals surface area contributed by atoms with Crippen LogP contribution in [0.1, 0.15) is 17.0 Å². The van der Waals surface area contributed by atoms with Crippen molar-refractivity contribution in [3.8, 4) is 33.5 Å². The minimum absolute atomic E-state index is 0.0450. The standard InChI is InChI=1S/C25H27N7O6S2/c1-35-16-5-3-6-17(36-2)20(16)15-13-18(38-23(34)21(15)37-11-10-31-9-4-12-39-14-31)22(33)28-24-29-30-25(40-24)32-19(26)7-8-27-32/h3,5-8,13H,4,9-12,14,26H2,1-2H3,(H,28,29,33). The van der Waals surface area contributed by atoms with Crippen molar-refractivity contribution in [3.63, 3.8) is 0 Å². The van der Waals surface area contributed by atoms with E-state index < -0.39 is 11.5 Å². The molecule has 1 aromatic carbocycles. The lowest BCUT2D eigenvalue weighted by molar-refractivity contribution is 0.0991. The van der Waals surface area contributed by atoms with Crippen molar-refractivity contribution in [1.82, 2.24) is 24.9 Å². The zero-order chi connectivity index (χ0) is 28.1. The van der Waals surface area contributed by atoms with Crippen molar-refractivity contribution in [2.75, 3.05) is 56.6 Å². The van der Waals surface area contributed by atoms with Gasteiger partial charge in [0.25, 0.3) is 5.91 Å². The van der Waals surface area contributed by atoms with Gasteiger partial charge in [0.2, 0.25) is 16.0 Å². The van der Waals surface area contributed by atoms with Gasteiger partial charge in [0.1, 0.15) is 23.9 Å². The van der Waals surface area contributed by atoms with E-state index in [0.717, 1.165) is 35.9 Å². The highest BCUT2D eigenvalue weighted by Crippen LogP contribution is 2.42. The number of ether oxygens (including phenoxy) is 3. The number of hydrogen-bond donors (Lipinski definition) is 2. The maximum absolute atomic E-state index is 13.2. The molecule has 0 atom stereocenters. The average Bonchev–Trinajstić information content (AvgIpc) is 3.62. The summed E-state index contributed by atoms with van der Waals surface area (Å²) < 4.78 is 23.9. The Labute approximate surface area is 237 Å². The van der Waals surface area contributed by atoms with Gasteiger partial charge in [-0.25, -0.2) is 4.79 Å². The summed E-state index contributed by atoms with van der Waals surface area (Å²) in [6.07, 6.45) is 2.62. The van der Waals surface area contributed by atoms with Gasteiger partial charge in [-0.1, -0.05) is 17.4 Å². The van der Waals surface area contributed by atoms with E-state index in [0.29, 0.717) is 40.1 Å². The molecular formula is C25H27N7O6S2. The minimum Gasteiger partial charge on any atom is -0.496 e. The van der Waals surface area contributed by atoms with Gasteiger partial charge >= 0.3 is 5.63 Å². The molecule has 0 aliphatic carbocycles. The molecule has 1 saturated heterocycles. The molecule has 1 amide bonds. The van der Waals surface area contributed by atoms with Gasteiger partial charge in [-0.3, -0.25) is 15.0 Å². The van der Waals surface area contributed by atoms with Crippen molar-refractivity contribution in [2.24, 2.45) is 0 Å². The Morgan fingerprint density at radius 1 is 1.20 bits per heavy atom. The van der Waals surface area contributed by atoms with E-state index in [2.05, 4.69) is 25.5 Å². The van der Waals surface area contributed by atoms with Crippen molar-refractivity contribution in [3.05, 3.63) is 52.7 Å². The second kappa shape index (κ2) is 12.4. The molecule has 15 heteroatoms. The predicted octanol–water partition coefficient (Wildman–Crippen LogP) is 2.97. The number of nitrogens with one attached hydrogen (secondary N) is 1. The molecule has 4 heterocycles. The second-order valence-electron chi connectivity index (χ2n) is 8.55. The highest BCUT2D eigenvalue weighted by atomic mass is 32.2. The second-order valence-corrected chi connectivity index (χ2v) is 10.6. The molecule has 3 N–H and O–H groups in total. The highest BCUT2D eigenvalue weighted by Gasteiger charge is 2.25. The maximum atomic E-state index is 13.2. The lowest BCUT2D eigenvalue weighted by Gasteiger charge is -2.25. The SMILES string of the molecule is COc1cccc(OC)c1-c1cc(C(=O)Nc2nnc(-n3nccc3N)s2)oc(=O)c1OCCN1CCCSC1. The first-order chi connectivity index (χ1) is 19.5. The lowest BCUT2D eigenvalue weighted by Crippen LogP contribution is -2.32. The van der Waals surface area contributed by atoms with Gasteiger partial charge in [-0.15, -0.1) is 22.0 Å².